The number of H-pyrrole nitrogens is 1. The Hall–Kier alpha value is -3.29. The number of alkyl halides is 6. The highest BCUT2D eigenvalue weighted by molar-refractivity contribution is 5.91. The van der Waals surface area contributed by atoms with E-state index in [1.807, 2.05) is 0 Å². The molecule has 0 unspecified atom stereocenters. The lowest BCUT2D eigenvalue weighted by Crippen LogP contribution is -2.63. The molecule has 232 valence electrons. The van der Waals surface area contributed by atoms with Gasteiger partial charge in [-0.3, -0.25) is 4.79 Å². The average molecular weight is 614 g/mol. The fraction of sp³-hybridized carbons (Fsp3) is 0.586. The van der Waals surface area contributed by atoms with Crippen LogP contribution in [-0.2, 0) is 21.4 Å². The average Bonchev–Trinajstić information content (AvgIpc) is 3.40. The summed E-state index contributed by atoms with van der Waals surface area (Å²) in [6.45, 7) is -1.15. The van der Waals surface area contributed by atoms with E-state index in [4.69, 9.17) is 4.74 Å². The molecular formula is C29H30F7N5O2. The summed E-state index contributed by atoms with van der Waals surface area (Å²) in [5.74, 6) is -7.62. The summed E-state index contributed by atoms with van der Waals surface area (Å²) in [6, 6.07) is 5.59. The number of benzene rings is 1. The third kappa shape index (κ3) is 5.69. The van der Waals surface area contributed by atoms with Crippen molar-refractivity contribution in [1.82, 2.24) is 25.1 Å². The fourth-order valence-electron chi connectivity index (χ4n) is 6.66. The molecule has 1 aliphatic carbocycles. The number of aromatic nitrogens is 4. The summed E-state index contributed by atoms with van der Waals surface area (Å²) in [5, 5.41) is 7.47. The Morgan fingerprint density at radius 2 is 1.67 bits per heavy atom. The number of carbonyl (C=O) groups is 1. The van der Waals surface area contributed by atoms with Crippen molar-refractivity contribution in [2.24, 2.45) is 5.92 Å². The summed E-state index contributed by atoms with van der Waals surface area (Å²) in [6.07, 6.45) is -2.75. The normalized spacial score (nSPS) is 22.5. The number of likely N-dealkylation sites (tertiary alicyclic amines) is 1. The van der Waals surface area contributed by atoms with Crippen LogP contribution in [0.1, 0.15) is 73.6 Å². The Labute approximate surface area is 242 Å². The Balaban J connectivity index is 1.36. The van der Waals surface area contributed by atoms with Crippen LogP contribution in [0.15, 0.2) is 24.3 Å². The minimum Gasteiger partial charge on any atom is -0.381 e. The zero-order chi connectivity index (χ0) is 30.6. The van der Waals surface area contributed by atoms with Gasteiger partial charge in [-0.15, -0.1) is 5.10 Å². The molecule has 1 saturated carbocycles. The number of hydrogen-bond donors (Lipinski definition) is 1. The van der Waals surface area contributed by atoms with Crippen LogP contribution < -0.4 is 0 Å². The van der Waals surface area contributed by atoms with E-state index in [0.717, 1.165) is 11.0 Å². The molecule has 0 bridgehead atoms. The number of aromatic amines is 1. The van der Waals surface area contributed by atoms with Gasteiger partial charge in [0.05, 0.1) is 29.7 Å². The third-order valence-corrected chi connectivity index (χ3v) is 9.09. The van der Waals surface area contributed by atoms with Crippen molar-refractivity contribution in [3.05, 3.63) is 52.9 Å². The monoisotopic (exact) mass is 613 g/mol. The van der Waals surface area contributed by atoms with Crippen molar-refractivity contribution in [3.8, 4) is 0 Å². The second-order valence-corrected chi connectivity index (χ2v) is 11.9. The zero-order valence-corrected chi connectivity index (χ0v) is 23.1. The van der Waals surface area contributed by atoms with E-state index in [1.54, 1.807) is 6.07 Å². The molecule has 0 spiro atoms. The van der Waals surface area contributed by atoms with Crippen LogP contribution in [0.5, 0.6) is 0 Å². The minimum atomic E-state index is -2.98. The van der Waals surface area contributed by atoms with Gasteiger partial charge in [-0.1, -0.05) is 6.07 Å². The van der Waals surface area contributed by atoms with Gasteiger partial charge in [0.2, 0.25) is 11.8 Å². The van der Waals surface area contributed by atoms with Crippen molar-refractivity contribution in [2.75, 3.05) is 26.3 Å². The van der Waals surface area contributed by atoms with E-state index in [0.29, 0.717) is 17.0 Å². The highest BCUT2D eigenvalue weighted by Crippen LogP contribution is 2.45. The Morgan fingerprint density at radius 1 is 0.977 bits per heavy atom. The standard InChI is InChI=1S/C29H30F7N5O2/c30-22-19(27(9-11-43-12-10-27)26(42)41-14-29(35,36)15-41)2-4-20-23(22)38-25(37-20)18(16-5-7-28(33,34)8-6-16)13-17-1-3-21(24(31)32)40-39-17/h1-4,16,18,24H,5-15H2,(H,37,38)/t18-/m0/s1. The highest BCUT2D eigenvalue weighted by atomic mass is 19.3. The molecule has 14 heteroatoms. The Morgan fingerprint density at radius 3 is 2.28 bits per heavy atom. The summed E-state index contributed by atoms with van der Waals surface area (Å²) in [7, 11) is 0. The second-order valence-electron chi connectivity index (χ2n) is 11.9. The molecule has 6 rings (SSSR count). The number of carbonyl (C=O) groups excluding carboxylic acids is 1. The molecule has 1 amide bonds. The molecule has 1 N–H and O–H groups in total. The van der Waals surface area contributed by atoms with Crippen molar-refractivity contribution in [2.45, 2.75) is 74.5 Å². The predicted molar refractivity (Wildman–Crippen MR) is 140 cm³/mol. The Bertz CT molecular complexity index is 1470. The maximum Gasteiger partial charge on any atom is 0.282 e. The molecule has 43 heavy (non-hydrogen) atoms. The van der Waals surface area contributed by atoms with Gasteiger partial charge in [0.25, 0.3) is 12.3 Å². The van der Waals surface area contributed by atoms with Crippen LogP contribution in [0.2, 0.25) is 0 Å². The number of rotatable bonds is 7. The number of ether oxygens (including phenoxy) is 1. The van der Waals surface area contributed by atoms with Gasteiger partial charge in [-0.05, 0) is 49.8 Å². The summed E-state index contributed by atoms with van der Waals surface area (Å²) >= 11 is 0. The molecule has 7 nitrogen and oxygen atoms in total. The largest absolute Gasteiger partial charge is 0.381 e. The first-order valence-electron chi connectivity index (χ1n) is 14.3. The van der Waals surface area contributed by atoms with Gasteiger partial charge in [-0.2, -0.15) is 5.10 Å². The van der Waals surface area contributed by atoms with Gasteiger partial charge < -0.3 is 14.6 Å². The predicted octanol–water partition coefficient (Wildman–Crippen LogP) is 6.11. The lowest BCUT2D eigenvalue weighted by Gasteiger charge is -2.46. The molecule has 2 saturated heterocycles. The van der Waals surface area contributed by atoms with Crippen LogP contribution in [0.4, 0.5) is 30.7 Å². The van der Waals surface area contributed by atoms with Crippen LogP contribution in [0.25, 0.3) is 11.0 Å². The van der Waals surface area contributed by atoms with E-state index in [2.05, 4.69) is 20.2 Å². The summed E-state index contributed by atoms with van der Waals surface area (Å²) < 4.78 is 103. The minimum absolute atomic E-state index is 0.0453. The maximum absolute atomic E-state index is 16.3. The van der Waals surface area contributed by atoms with E-state index in [1.165, 1.54) is 12.1 Å². The van der Waals surface area contributed by atoms with Gasteiger partial charge in [-0.25, -0.2) is 35.7 Å². The maximum atomic E-state index is 16.3. The number of nitrogens with zero attached hydrogens (tertiary/aromatic N) is 4. The van der Waals surface area contributed by atoms with Crippen LogP contribution in [0.3, 0.4) is 0 Å². The lowest BCUT2D eigenvalue weighted by molar-refractivity contribution is -0.174. The molecule has 2 aromatic heterocycles. The van der Waals surface area contributed by atoms with E-state index in [9.17, 15) is 31.1 Å². The van der Waals surface area contributed by atoms with Gasteiger partial charge in [0.1, 0.15) is 17.0 Å². The molecule has 3 aliphatic rings. The SMILES string of the molecule is O=C(N1CC(F)(F)C1)C1(c2ccc3[nH]c([C@@H](Cc4ccc(C(F)F)nn4)C4CCC(F)(F)CC4)nc3c2F)CCOCC1. The van der Waals surface area contributed by atoms with Crippen LogP contribution in [0, 0.1) is 11.7 Å². The lowest BCUT2D eigenvalue weighted by atomic mass is 9.72. The number of imidazole rings is 1. The summed E-state index contributed by atoms with van der Waals surface area (Å²) in [5.41, 5.74) is -1.25. The molecule has 4 heterocycles. The smallest absolute Gasteiger partial charge is 0.282 e. The van der Waals surface area contributed by atoms with E-state index >= 15 is 4.39 Å². The van der Waals surface area contributed by atoms with Crippen LogP contribution >= 0.6 is 0 Å². The first-order chi connectivity index (χ1) is 20.4. The first kappa shape index (κ1) is 29.8. The first-order valence-corrected chi connectivity index (χ1v) is 14.3. The highest BCUT2D eigenvalue weighted by Gasteiger charge is 2.54. The van der Waals surface area contributed by atoms with Crippen molar-refractivity contribution in [3.63, 3.8) is 0 Å². The van der Waals surface area contributed by atoms with Crippen molar-refractivity contribution >= 4 is 16.9 Å². The summed E-state index contributed by atoms with van der Waals surface area (Å²) in [4.78, 5) is 22.2. The topological polar surface area (TPSA) is 84.0 Å². The second kappa shape index (κ2) is 11.0. The number of fused-ring (bicyclic) bond motifs is 1. The number of hydrogen-bond acceptors (Lipinski definition) is 5. The fourth-order valence-corrected chi connectivity index (χ4v) is 6.66. The molecule has 0 radical (unpaired) electrons. The van der Waals surface area contributed by atoms with Crippen LogP contribution in [-0.4, -0.2) is 69.1 Å². The quantitative estimate of drug-likeness (QED) is 0.326. The number of amides is 1. The number of halogens is 7. The molecular weight excluding hydrogens is 583 g/mol. The van der Waals surface area contributed by atoms with Gasteiger partial charge >= 0.3 is 0 Å². The van der Waals surface area contributed by atoms with Crippen molar-refractivity contribution in [1.29, 1.82) is 0 Å². The molecule has 3 fully saturated rings. The molecule has 1 atom stereocenters. The van der Waals surface area contributed by atoms with Crippen molar-refractivity contribution < 1.29 is 40.3 Å². The number of nitrogens with one attached hydrogen (secondary N) is 1. The molecule has 2 aliphatic heterocycles. The van der Waals surface area contributed by atoms with E-state index < -0.39 is 60.1 Å². The Kier molecular flexibility index (Phi) is 7.62. The third-order valence-electron chi connectivity index (χ3n) is 9.09. The molecule has 3 aromatic rings. The van der Waals surface area contributed by atoms with E-state index in [-0.39, 0.29) is 75.2 Å². The molecule has 1 aromatic carbocycles. The van der Waals surface area contributed by atoms with Gasteiger partial charge in [0.15, 0.2) is 5.82 Å². The zero-order valence-electron chi connectivity index (χ0n) is 23.1. The van der Waals surface area contributed by atoms with Gasteiger partial charge in [0, 0.05) is 44.0 Å².